The fourth-order valence-electron chi connectivity index (χ4n) is 3.40. The Labute approximate surface area is 139 Å². The van der Waals surface area contributed by atoms with Crippen LogP contribution in [0.3, 0.4) is 0 Å². The molecule has 2 aliphatic rings. The summed E-state index contributed by atoms with van der Waals surface area (Å²) in [5.74, 6) is -1.30. The highest BCUT2D eigenvalue weighted by atomic mass is 19.1. The smallest absolute Gasteiger partial charge is 0.233 e. The maximum atomic E-state index is 14.2. The van der Waals surface area contributed by atoms with Gasteiger partial charge in [0.2, 0.25) is 11.8 Å². The predicted octanol–water partition coefficient (Wildman–Crippen LogP) is 0.323. The molecule has 1 saturated heterocycles. The van der Waals surface area contributed by atoms with Crippen molar-refractivity contribution in [3.63, 3.8) is 0 Å². The Morgan fingerprint density at radius 3 is 2.67 bits per heavy atom. The van der Waals surface area contributed by atoms with E-state index in [4.69, 9.17) is 10.5 Å². The van der Waals surface area contributed by atoms with E-state index in [2.05, 4.69) is 0 Å². The fraction of sp³-hybridized carbons (Fsp3) is 0.529. The number of β-amino-alcohol motifs (C(OH)–C–C–N with tert-alkyl or cyclic N) is 1. The number of ether oxygens (including phenoxy) is 1. The molecule has 0 radical (unpaired) electrons. The molecule has 3 N–H and O–H groups in total. The SMILES string of the molecule is NC(=O)C[C@]1(O)COCCN(C(=O)C2(c3ccccc3F)CC2)C1. The van der Waals surface area contributed by atoms with Gasteiger partial charge in [-0.05, 0) is 18.9 Å². The molecule has 24 heavy (non-hydrogen) atoms. The monoisotopic (exact) mass is 336 g/mol. The van der Waals surface area contributed by atoms with Crippen LogP contribution in [0.1, 0.15) is 24.8 Å². The summed E-state index contributed by atoms with van der Waals surface area (Å²) < 4.78 is 19.5. The number of hydrogen-bond donors (Lipinski definition) is 2. The van der Waals surface area contributed by atoms with Gasteiger partial charge in [-0.1, -0.05) is 18.2 Å². The molecule has 7 heteroatoms. The molecule has 1 aromatic carbocycles. The van der Waals surface area contributed by atoms with Crippen molar-refractivity contribution in [3.8, 4) is 0 Å². The minimum absolute atomic E-state index is 0.0506. The zero-order valence-electron chi connectivity index (χ0n) is 13.3. The van der Waals surface area contributed by atoms with Crippen LogP contribution < -0.4 is 5.73 Å². The van der Waals surface area contributed by atoms with Gasteiger partial charge in [0.1, 0.15) is 11.4 Å². The minimum Gasteiger partial charge on any atom is -0.385 e. The molecule has 2 fully saturated rings. The number of benzene rings is 1. The Morgan fingerprint density at radius 1 is 1.33 bits per heavy atom. The number of primary amides is 1. The van der Waals surface area contributed by atoms with E-state index >= 15 is 0 Å². The molecule has 130 valence electrons. The topological polar surface area (TPSA) is 92.9 Å². The van der Waals surface area contributed by atoms with Gasteiger partial charge < -0.3 is 20.5 Å². The van der Waals surface area contributed by atoms with Crippen molar-refractivity contribution in [2.45, 2.75) is 30.3 Å². The normalized spacial score (nSPS) is 25.8. The third kappa shape index (κ3) is 3.14. The molecule has 0 aromatic heterocycles. The minimum atomic E-state index is -1.51. The third-order valence-electron chi connectivity index (χ3n) is 4.70. The molecule has 2 amide bonds. The average Bonchev–Trinajstić information content (AvgIpc) is 3.32. The molecule has 1 saturated carbocycles. The van der Waals surface area contributed by atoms with Gasteiger partial charge >= 0.3 is 0 Å². The number of carbonyl (C=O) groups excluding carboxylic acids is 2. The van der Waals surface area contributed by atoms with Crippen LogP contribution in [0.4, 0.5) is 4.39 Å². The molecule has 1 atom stereocenters. The van der Waals surface area contributed by atoms with Crippen LogP contribution in [-0.2, 0) is 19.7 Å². The van der Waals surface area contributed by atoms with Gasteiger partial charge in [0, 0.05) is 12.1 Å². The third-order valence-corrected chi connectivity index (χ3v) is 4.70. The van der Waals surface area contributed by atoms with Gasteiger partial charge in [-0.25, -0.2) is 4.39 Å². The summed E-state index contributed by atoms with van der Waals surface area (Å²) in [6.07, 6.45) is 0.847. The average molecular weight is 336 g/mol. The lowest BCUT2D eigenvalue weighted by atomic mass is 9.92. The number of nitrogens with two attached hydrogens (primary N) is 1. The highest BCUT2D eigenvalue weighted by molar-refractivity contribution is 5.91. The zero-order chi connectivity index (χ0) is 17.4. The first-order valence-electron chi connectivity index (χ1n) is 7.99. The van der Waals surface area contributed by atoms with Crippen molar-refractivity contribution >= 4 is 11.8 Å². The number of amides is 2. The summed E-state index contributed by atoms with van der Waals surface area (Å²) in [4.78, 5) is 25.7. The van der Waals surface area contributed by atoms with E-state index in [0.29, 0.717) is 18.4 Å². The quantitative estimate of drug-likeness (QED) is 0.828. The van der Waals surface area contributed by atoms with Crippen molar-refractivity contribution in [2.24, 2.45) is 5.73 Å². The largest absolute Gasteiger partial charge is 0.385 e. The molecule has 6 nitrogen and oxygen atoms in total. The Kier molecular flexibility index (Phi) is 4.31. The summed E-state index contributed by atoms with van der Waals surface area (Å²) in [6, 6.07) is 6.27. The van der Waals surface area contributed by atoms with Crippen LogP contribution in [0.25, 0.3) is 0 Å². The zero-order valence-corrected chi connectivity index (χ0v) is 13.3. The van der Waals surface area contributed by atoms with E-state index < -0.39 is 22.7 Å². The Bertz CT molecular complexity index is 662. The number of nitrogens with zero attached hydrogens (tertiary/aromatic N) is 1. The van der Waals surface area contributed by atoms with Crippen LogP contribution >= 0.6 is 0 Å². The van der Waals surface area contributed by atoms with Crippen molar-refractivity contribution < 1.29 is 23.8 Å². The van der Waals surface area contributed by atoms with Gasteiger partial charge in [0.25, 0.3) is 0 Å². The van der Waals surface area contributed by atoms with Crippen LogP contribution in [0.5, 0.6) is 0 Å². The van der Waals surface area contributed by atoms with Gasteiger partial charge in [0.15, 0.2) is 0 Å². The van der Waals surface area contributed by atoms with Crippen molar-refractivity contribution in [2.75, 3.05) is 26.3 Å². The lowest BCUT2D eigenvalue weighted by Gasteiger charge is -2.32. The van der Waals surface area contributed by atoms with E-state index in [0.717, 1.165) is 0 Å². The molecule has 1 aliphatic heterocycles. The first-order chi connectivity index (χ1) is 11.4. The number of halogens is 1. The van der Waals surface area contributed by atoms with E-state index in [1.54, 1.807) is 18.2 Å². The molecular weight excluding hydrogens is 315 g/mol. The highest BCUT2D eigenvalue weighted by Gasteiger charge is 2.55. The van der Waals surface area contributed by atoms with Gasteiger partial charge in [-0.3, -0.25) is 9.59 Å². The number of carbonyl (C=O) groups is 2. The molecule has 1 aliphatic carbocycles. The summed E-state index contributed by atoms with van der Waals surface area (Å²) in [6.45, 7) is 0.424. The Balaban J connectivity index is 1.83. The molecule has 0 spiro atoms. The Hall–Kier alpha value is -1.99. The highest BCUT2D eigenvalue weighted by Crippen LogP contribution is 2.50. The first-order valence-corrected chi connectivity index (χ1v) is 7.99. The fourth-order valence-corrected chi connectivity index (χ4v) is 3.40. The standard InChI is InChI=1S/C17H21FN2O4/c18-13-4-2-1-3-12(13)17(5-6-17)15(22)20-7-8-24-11-16(23,10-20)9-14(19)21/h1-4,23H,5-11H2,(H2,19,21)/t16-/m1/s1. The number of hydrogen-bond acceptors (Lipinski definition) is 4. The lowest BCUT2D eigenvalue weighted by molar-refractivity contribution is -0.139. The van der Waals surface area contributed by atoms with Gasteiger partial charge in [0.05, 0.1) is 31.6 Å². The second-order valence-electron chi connectivity index (χ2n) is 6.71. The number of aliphatic hydroxyl groups is 1. The van der Waals surface area contributed by atoms with E-state index in [1.165, 1.54) is 11.0 Å². The summed E-state index contributed by atoms with van der Waals surface area (Å²) in [7, 11) is 0. The molecule has 3 rings (SSSR count). The molecule has 0 bridgehead atoms. The van der Waals surface area contributed by atoms with E-state index in [-0.39, 0.29) is 38.6 Å². The second kappa shape index (κ2) is 6.14. The van der Waals surface area contributed by atoms with E-state index in [9.17, 15) is 19.1 Å². The molecule has 0 unspecified atom stereocenters. The van der Waals surface area contributed by atoms with Gasteiger partial charge in [-0.2, -0.15) is 0 Å². The summed E-state index contributed by atoms with van der Waals surface area (Å²) >= 11 is 0. The van der Waals surface area contributed by atoms with Crippen LogP contribution in [0, 0.1) is 5.82 Å². The van der Waals surface area contributed by atoms with Crippen molar-refractivity contribution in [1.29, 1.82) is 0 Å². The van der Waals surface area contributed by atoms with Gasteiger partial charge in [-0.15, -0.1) is 0 Å². The maximum Gasteiger partial charge on any atom is 0.233 e. The summed E-state index contributed by atoms with van der Waals surface area (Å²) in [5, 5.41) is 10.6. The van der Waals surface area contributed by atoms with Crippen LogP contribution in [-0.4, -0.2) is 53.7 Å². The van der Waals surface area contributed by atoms with Crippen LogP contribution in [0.2, 0.25) is 0 Å². The van der Waals surface area contributed by atoms with Crippen molar-refractivity contribution in [3.05, 3.63) is 35.6 Å². The number of rotatable bonds is 4. The predicted molar refractivity (Wildman–Crippen MR) is 83.5 cm³/mol. The maximum absolute atomic E-state index is 14.2. The Morgan fingerprint density at radius 2 is 2.04 bits per heavy atom. The van der Waals surface area contributed by atoms with Crippen LogP contribution in [0.15, 0.2) is 24.3 Å². The van der Waals surface area contributed by atoms with Crippen molar-refractivity contribution in [1.82, 2.24) is 4.90 Å². The first kappa shape index (κ1) is 16.9. The van der Waals surface area contributed by atoms with E-state index in [1.807, 2.05) is 0 Å². The second-order valence-corrected chi connectivity index (χ2v) is 6.71. The molecular formula is C17H21FN2O4. The lowest BCUT2D eigenvalue weighted by Crippen LogP contribution is -2.51. The molecule has 1 aromatic rings. The summed E-state index contributed by atoms with van der Waals surface area (Å²) in [5.41, 5.74) is 3.19. The molecule has 1 heterocycles.